The fourth-order valence-electron chi connectivity index (χ4n) is 2.01. The molecule has 0 radical (unpaired) electrons. The van der Waals surface area contributed by atoms with Crippen molar-refractivity contribution in [1.82, 2.24) is 10.3 Å². The van der Waals surface area contributed by atoms with Gasteiger partial charge in [-0.25, -0.2) is 4.98 Å². The van der Waals surface area contributed by atoms with E-state index in [1.807, 2.05) is 11.3 Å². The molecule has 1 aromatic rings. The number of methoxy groups -OCH3 is 1. The van der Waals surface area contributed by atoms with E-state index in [9.17, 15) is 0 Å². The van der Waals surface area contributed by atoms with E-state index in [4.69, 9.17) is 9.72 Å². The molecule has 1 aromatic heterocycles. The van der Waals surface area contributed by atoms with Crippen LogP contribution in [-0.2, 0) is 24.3 Å². The summed E-state index contributed by atoms with van der Waals surface area (Å²) in [6.45, 7) is 1.63. The first-order valence-corrected chi connectivity index (χ1v) is 7.36. The average Bonchev–Trinajstić information content (AvgIpc) is 3.19. The van der Waals surface area contributed by atoms with Crippen molar-refractivity contribution in [3.63, 3.8) is 0 Å². The molecule has 94 valence electrons. The van der Waals surface area contributed by atoms with Crippen LogP contribution >= 0.6 is 11.3 Å². The number of nitrogens with one attached hydrogen (secondary N) is 1. The predicted molar refractivity (Wildman–Crippen MR) is 69.1 cm³/mol. The smallest absolute Gasteiger partial charge is 0.0935 e. The predicted octanol–water partition coefficient (Wildman–Crippen LogP) is 2.49. The molecule has 2 aliphatic rings. The van der Waals surface area contributed by atoms with Crippen LogP contribution in [0.5, 0.6) is 0 Å². The normalized spacial score (nSPS) is 19.8. The van der Waals surface area contributed by atoms with Crippen molar-refractivity contribution in [3.05, 3.63) is 15.6 Å². The minimum atomic E-state index is 0.656. The van der Waals surface area contributed by atoms with Gasteiger partial charge in [-0.2, -0.15) is 0 Å². The van der Waals surface area contributed by atoms with Crippen LogP contribution in [0.4, 0.5) is 0 Å². The molecule has 0 spiro atoms. The number of aromatic nitrogens is 1. The van der Waals surface area contributed by atoms with Crippen LogP contribution < -0.4 is 5.32 Å². The molecule has 0 saturated heterocycles. The first-order valence-electron chi connectivity index (χ1n) is 6.55. The summed E-state index contributed by atoms with van der Waals surface area (Å²) in [5, 5.41) is 4.88. The SMILES string of the molecule is COCc1nc(CC2CC2)sc1CNC1CC1. The van der Waals surface area contributed by atoms with Gasteiger partial charge in [0.25, 0.3) is 0 Å². The Labute approximate surface area is 107 Å². The Bertz CT molecular complexity index is 383. The molecule has 0 amide bonds. The molecule has 17 heavy (non-hydrogen) atoms. The van der Waals surface area contributed by atoms with Crippen LogP contribution in [0.3, 0.4) is 0 Å². The molecule has 0 unspecified atom stereocenters. The zero-order valence-electron chi connectivity index (χ0n) is 10.4. The highest BCUT2D eigenvalue weighted by Gasteiger charge is 2.25. The lowest BCUT2D eigenvalue weighted by Gasteiger charge is -2.02. The van der Waals surface area contributed by atoms with Gasteiger partial charge in [0.2, 0.25) is 0 Å². The number of thiazole rings is 1. The zero-order valence-corrected chi connectivity index (χ0v) is 11.2. The summed E-state index contributed by atoms with van der Waals surface area (Å²) < 4.78 is 5.24. The second-order valence-electron chi connectivity index (χ2n) is 5.21. The maximum absolute atomic E-state index is 5.24. The third-order valence-electron chi connectivity index (χ3n) is 3.39. The van der Waals surface area contributed by atoms with Gasteiger partial charge in [-0.3, -0.25) is 0 Å². The summed E-state index contributed by atoms with van der Waals surface area (Å²) >= 11 is 1.88. The molecule has 4 heteroatoms. The van der Waals surface area contributed by atoms with Crippen molar-refractivity contribution < 1.29 is 4.74 Å². The summed E-state index contributed by atoms with van der Waals surface area (Å²) in [6.07, 6.45) is 6.66. The molecule has 1 heterocycles. The minimum absolute atomic E-state index is 0.656. The van der Waals surface area contributed by atoms with Gasteiger partial charge in [0.15, 0.2) is 0 Å². The van der Waals surface area contributed by atoms with Crippen molar-refractivity contribution in [2.75, 3.05) is 7.11 Å². The zero-order chi connectivity index (χ0) is 11.7. The van der Waals surface area contributed by atoms with Crippen molar-refractivity contribution in [2.45, 2.75) is 51.3 Å². The summed E-state index contributed by atoms with van der Waals surface area (Å²) in [5.41, 5.74) is 1.15. The van der Waals surface area contributed by atoms with Gasteiger partial charge in [0.05, 0.1) is 17.3 Å². The fraction of sp³-hybridized carbons (Fsp3) is 0.769. The first kappa shape index (κ1) is 11.6. The van der Waals surface area contributed by atoms with Crippen molar-refractivity contribution in [1.29, 1.82) is 0 Å². The van der Waals surface area contributed by atoms with Gasteiger partial charge in [-0.15, -0.1) is 11.3 Å². The quantitative estimate of drug-likeness (QED) is 0.809. The van der Waals surface area contributed by atoms with E-state index in [0.29, 0.717) is 6.61 Å². The molecule has 0 atom stereocenters. The summed E-state index contributed by atoms with van der Waals surface area (Å²) in [6, 6.07) is 0.763. The number of nitrogens with zero attached hydrogens (tertiary/aromatic N) is 1. The molecule has 3 nitrogen and oxygen atoms in total. The molecule has 2 fully saturated rings. The molecule has 0 aliphatic heterocycles. The van der Waals surface area contributed by atoms with E-state index in [-0.39, 0.29) is 0 Å². The van der Waals surface area contributed by atoms with Crippen LogP contribution in [0.15, 0.2) is 0 Å². The van der Waals surface area contributed by atoms with Crippen molar-refractivity contribution in [3.8, 4) is 0 Å². The molecule has 1 N–H and O–H groups in total. The van der Waals surface area contributed by atoms with Crippen LogP contribution in [0.1, 0.15) is 41.3 Å². The van der Waals surface area contributed by atoms with Crippen LogP contribution in [0.2, 0.25) is 0 Å². The van der Waals surface area contributed by atoms with Crippen LogP contribution in [-0.4, -0.2) is 18.1 Å². The summed E-state index contributed by atoms with van der Waals surface area (Å²) in [4.78, 5) is 6.12. The standard InChI is InChI=1S/C13H20N2OS/c1-16-8-11-12(7-14-10-4-5-10)17-13(15-11)6-9-2-3-9/h9-10,14H,2-8H2,1H3. The minimum Gasteiger partial charge on any atom is -0.378 e. The Morgan fingerprint density at radius 2 is 2.18 bits per heavy atom. The Kier molecular flexibility index (Phi) is 3.45. The highest BCUT2D eigenvalue weighted by Crippen LogP contribution is 2.34. The van der Waals surface area contributed by atoms with E-state index in [2.05, 4.69) is 5.32 Å². The van der Waals surface area contributed by atoms with Gasteiger partial charge in [-0.1, -0.05) is 0 Å². The highest BCUT2D eigenvalue weighted by molar-refractivity contribution is 7.11. The summed E-state index contributed by atoms with van der Waals surface area (Å²) in [7, 11) is 1.75. The van der Waals surface area contributed by atoms with Crippen molar-refractivity contribution >= 4 is 11.3 Å². The maximum Gasteiger partial charge on any atom is 0.0935 e. The Morgan fingerprint density at radius 3 is 2.82 bits per heavy atom. The van der Waals surface area contributed by atoms with Crippen LogP contribution in [0.25, 0.3) is 0 Å². The highest BCUT2D eigenvalue weighted by atomic mass is 32.1. The molecule has 2 saturated carbocycles. The Hall–Kier alpha value is -0.450. The third-order valence-corrected chi connectivity index (χ3v) is 4.51. The Balaban J connectivity index is 1.65. The first-order chi connectivity index (χ1) is 8.35. The Morgan fingerprint density at radius 1 is 1.35 bits per heavy atom. The van der Waals surface area contributed by atoms with Crippen LogP contribution in [0, 0.1) is 5.92 Å². The van der Waals surface area contributed by atoms with E-state index in [1.165, 1.54) is 42.0 Å². The number of rotatable bonds is 7. The second kappa shape index (κ2) is 5.04. The monoisotopic (exact) mass is 252 g/mol. The van der Waals surface area contributed by atoms with E-state index >= 15 is 0 Å². The van der Waals surface area contributed by atoms with E-state index in [1.54, 1.807) is 7.11 Å². The van der Waals surface area contributed by atoms with Gasteiger partial charge >= 0.3 is 0 Å². The van der Waals surface area contributed by atoms with Gasteiger partial charge in [0, 0.05) is 31.0 Å². The fourth-order valence-corrected chi connectivity index (χ4v) is 3.14. The second-order valence-corrected chi connectivity index (χ2v) is 6.38. The largest absolute Gasteiger partial charge is 0.378 e. The average molecular weight is 252 g/mol. The lowest BCUT2D eigenvalue weighted by Crippen LogP contribution is -2.15. The topological polar surface area (TPSA) is 34.1 Å². The third kappa shape index (κ3) is 3.27. The number of hydrogen-bond donors (Lipinski definition) is 1. The molecular formula is C13H20N2OS. The lowest BCUT2D eigenvalue weighted by molar-refractivity contribution is 0.181. The summed E-state index contributed by atoms with van der Waals surface area (Å²) in [5.74, 6) is 0.917. The van der Waals surface area contributed by atoms with E-state index in [0.717, 1.165) is 24.2 Å². The van der Waals surface area contributed by atoms with Gasteiger partial charge in [-0.05, 0) is 31.6 Å². The molecule has 0 bridgehead atoms. The number of ether oxygens (including phenoxy) is 1. The van der Waals surface area contributed by atoms with Gasteiger partial charge in [0.1, 0.15) is 0 Å². The molecular weight excluding hydrogens is 232 g/mol. The molecule has 2 aliphatic carbocycles. The lowest BCUT2D eigenvalue weighted by atomic mass is 10.3. The van der Waals surface area contributed by atoms with Crippen molar-refractivity contribution in [2.24, 2.45) is 5.92 Å². The molecule has 0 aromatic carbocycles. The number of hydrogen-bond acceptors (Lipinski definition) is 4. The molecule has 3 rings (SSSR count). The maximum atomic E-state index is 5.24. The van der Waals surface area contributed by atoms with E-state index < -0.39 is 0 Å². The van der Waals surface area contributed by atoms with Gasteiger partial charge < -0.3 is 10.1 Å².